The number of carbonyl (C=O) groups excluding carboxylic acids is 1. The van der Waals surface area contributed by atoms with E-state index >= 15 is 0 Å². The van der Waals surface area contributed by atoms with Gasteiger partial charge in [0.15, 0.2) is 0 Å². The zero-order valence-corrected chi connectivity index (χ0v) is 9.88. The van der Waals surface area contributed by atoms with Gasteiger partial charge in [-0.15, -0.1) is 0 Å². The topological polar surface area (TPSA) is 77.2 Å². The highest BCUT2D eigenvalue weighted by molar-refractivity contribution is 5.89. The monoisotopic (exact) mass is 243 g/mol. The average Bonchev–Trinajstić information content (AvgIpc) is 2.41. The molecule has 18 heavy (non-hydrogen) atoms. The van der Waals surface area contributed by atoms with E-state index in [0.29, 0.717) is 11.4 Å². The number of nitrogens with two attached hydrogens (primary N) is 1. The minimum Gasteiger partial charge on any atom is -0.465 e. The molecule has 0 aliphatic heterocycles. The second-order valence-electron chi connectivity index (χ2n) is 3.67. The number of benzene rings is 1. The molecule has 1 heterocycles. The Morgan fingerprint density at radius 2 is 1.83 bits per heavy atom. The Kier molecular flexibility index (Phi) is 3.43. The molecule has 5 nitrogen and oxygen atoms in total. The zero-order valence-electron chi connectivity index (χ0n) is 9.88. The summed E-state index contributed by atoms with van der Waals surface area (Å²) in [7, 11) is 1.36. The van der Waals surface area contributed by atoms with Crippen molar-refractivity contribution < 1.29 is 9.53 Å². The first-order valence-electron chi connectivity index (χ1n) is 5.36. The Labute approximate surface area is 105 Å². The summed E-state index contributed by atoms with van der Waals surface area (Å²) in [5, 5.41) is 3.15. The van der Waals surface area contributed by atoms with Gasteiger partial charge in [0.2, 0.25) is 0 Å². The summed E-state index contributed by atoms with van der Waals surface area (Å²) in [6.45, 7) is 0. The van der Waals surface area contributed by atoms with Crippen molar-refractivity contribution in [3.63, 3.8) is 0 Å². The van der Waals surface area contributed by atoms with Crippen molar-refractivity contribution in [3.05, 3.63) is 48.2 Å². The van der Waals surface area contributed by atoms with E-state index in [1.807, 2.05) is 6.07 Å². The zero-order chi connectivity index (χ0) is 13.0. The van der Waals surface area contributed by atoms with Crippen LogP contribution in [0.5, 0.6) is 0 Å². The molecular formula is C13H13N3O2. The van der Waals surface area contributed by atoms with Crippen LogP contribution in [0.3, 0.4) is 0 Å². The average molecular weight is 243 g/mol. The van der Waals surface area contributed by atoms with Crippen molar-refractivity contribution in [3.8, 4) is 0 Å². The molecule has 0 saturated heterocycles. The first-order valence-corrected chi connectivity index (χ1v) is 5.36. The van der Waals surface area contributed by atoms with E-state index in [-0.39, 0.29) is 5.97 Å². The van der Waals surface area contributed by atoms with Gasteiger partial charge in [0, 0.05) is 5.69 Å². The number of nitrogen functional groups attached to an aromatic ring is 1. The van der Waals surface area contributed by atoms with Crippen LogP contribution in [0.2, 0.25) is 0 Å². The van der Waals surface area contributed by atoms with Crippen LogP contribution in [0.1, 0.15) is 10.4 Å². The van der Waals surface area contributed by atoms with E-state index in [1.165, 1.54) is 7.11 Å². The number of rotatable bonds is 3. The fourth-order valence-corrected chi connectivity index (χ4v) is 1.45. The van der Waals surface area contributed by atoms with Crippen LogP contribution in [0, 0.1) is 0 Å². The molecule has 0 aliphatic carbocycles. The van der Waals surface area contributed by atoms with Gasteiger partial charge in [-0.2, -0.15) is 0 Å². The maximum Gasteiger partial charge on any atom is 0.337 e. The van der Waals surface area contributed by atoms with E-state index in [4.69, 9.17) is 5.73 Å². The van der Waals surface area contributed by atoms with Gasteiger partial charge >= 0.3 is 5.97 Å². The number of nitrogens with one attached hydrogen (secondary N) is 1. The molecule has 0 aliphatic rings. The number of pyridine rings is 1. The summed E-state index contributed by atoms with van der Waals surface area (Å²) in [6, 6.07) is 10.5. The maximum absolute atomic E-state index is 11.3. The summed E-state index contributed by atoms with van der Waals surface area (Å²) >= 11 is 0. The second-order valence-corrected chi connectivity index (χ2v) is 3.67. The normalized spacial score (nSPS) is 9.83. The fourth-order valence-electron chi connectivity index (χ4n) is 1.45. The molecule has 5 heteroatoms. The molecule has 0 radical (unpaired) electrons. The number of anilines is 3. The number of hydrogen-bond donors (Lipinski definition) is 2. The Morgan fingerprint density at radius 3 is 2.39 bits per heavy atom. The predicted molar refractivity (Wildman–Crippen MR) is 69.7 cm³/mol. The fraction of sp³-hybridized carbons (Fsp3) is 0.0769. The molecule has 0 atom stereocenters. The molecule has 3 N–H and O–H groups in total. The molecule has 92 valence electrons. The molecule has 0 fully saturated rings. The number of ether oxygens (including phenoxy) is 1. The van der Waals surface area contributed by atoms with Gasteiger partial charge < -0.3 is 15.8 Å². The van der Waals surface area contributed by atoms with Crippen molar-refractivity contribution in [2.24, 2.45) is 0 Å². The third kappa shape index (κ3) is 2.76. The van der Waals surface area contributed by atoms with Gasteiger partial charge in [-0.3, -0.25) is 0 Å². The van der Waals surface area contributed by atoms with Crippen LogP contribution >= 0.6 is 0 Å². The van der Waals surface area contributed by atoms with Gasteiger partial charge in [-0.05, 0) is 36.4 Å². The molecule has 0 spiro atoms. The van der Waals surface area contributed by atoms with Crippen molar-refractivity contribution in [2.45, 2.75) is 0 Å². The van der Waals surface area contributed by atoms with Gasteiger partial charge in [-0.1, -0.05) is 0 Å². The summed E-state index contributed by atoms with van der Waals surface area (Å²) in [6.07, 6.45) is 1.64. The third-order valence-corrected chi connectivity index (χ3v) is 2.38. The number of nitrogens with zero attached hydrogens (tertiary/aromatic N) is 1. The minimum absolute atomic E-state index is 0.351. The summed E-state index contributed by atoms with van der Waals surface area (Å²) < 4.78 is 4.62. The number of hydrogen-bond acceptors (Lipinski definition) is 5. The van der Waals surface area contributed by atoms with Gasteiger partial charge in [0.25, 0.3) is 0 Å². The molecule has 0 unspecified atom stereocenters. The van der Waals surface area contributed by atoms with Crippen LogP contribution < -0.4 is 11.1 Å². The number of methoxy groups -OCH3 is 1. The Balaban J connectivity index is 2.10. The molecular weight excluding hydrogens is 230 g/mol. The SMILES string of the molecule is COC(=O)c1ccc(Nc2ccc(N)nc2)cc1. The van der Waals surface area contributed by atoms with Crippen molar-refractivity contribution in [2.75, 3.05) is 18.2 Å². The van der Waals surface area contributed by atoms with Crippen molar-refractivity contribution in [1.29, 1.82) is 0 Å². The lowest BCUT2D eigenvalue weighted by Gasteiger charge is -2.06. The largest absolute Gasteiger partial charge is 0.465 e. The smallest absolute Gasteiger partial charge is 0.337 e. The third-order valence-electron chi connectivity index (χ3n) is 2.38. The van der Waals surface area contributed by atoms with Gasteiger partial charge in [0.1, 0.15) is 5.82 Å². The molecule has 2 aromatic rings. The second kappa shape index (κ2) is 5.18. The van der Waals surface area contributed by atoms with E-state index < -0.39 is 0 Å². The summed E-state index contributed by atoms with van der Waals surface area (Å²) in [5.74, 6) is 0.122. The van der Waals surface area contributed by atoms with Gasteiger partial charge in [0.05, 0.1) is 24.6 Å². The lowest BCUT2D eigenvalue weighted by molar-refractivity contribution is 0.0601. The molecule has 2 rings (SSSR count). The first-order chi connectivity index (χ1) is 8.69. The Hall–Kier alpha value is -2.56. The minimum atomic E-state index is -0.351. The summed E-state index contributed by atoms with van der Waals surface area (Å²) in [4.78, 5) is 15.2. The molecule has 0 saturated carbocycles. The number of carbonyl (C=O) groups is 1. The highest BCUT2D eigenvalue weighted by Crippen LogP contribution is 2.17. The van der Waals surface area contributed by atoms with Crippen LogP contribution in [-0.4, -0.2) is 18.1 Å². The van der Waals surface area contributed by atoms with Crippen LogP contribution in [0.4, 0.5) is 17.2 Å². The molecule has 0 bridgehead atoms. The van der Waals surface area contributed by atoms with Crippen LogP contribution in [0.25, 0.3) is 0 Å². The summed E-state index contributed by atoms with van der Waals surface area (Å²) in [5.41, 5.74) is 7.70. The molecule has 1 aromatic carbocycles. The van der Waals surface area contributed by atoms with E-state index in [1.54, 1.807) is 36.5 Å². The lowest BCUT2D eigenvalue weighted by atomic mass is 10.2. The standard InChI is InChI=1S/C13H13N3O2/c1-18-13(17)9-2-4-10(5-3-9)16-11-6-7-12(14)15-8-11/h2-8,16H,1H3,(H2,14,15). The Morgan fingerprint density at radius 1 is 1.17 bits per heavy atom. The highest BCUT2D eigenvalue weighted by atomic mass is 16.5. The van der Waals surface area contributed by atoms with Crippen molar-refractivity contribution >= 4 is 23.2 Å². The predicted octanol–water partition coefficient (Wildman–Crippen LogP) is 2.19. The van der Waals surface area contributed by atoms with Crippen LogP contribution in [0.15, 0.2) is 42.6 Å². The molecule has 1 aromatic heterocycles. The lowest BCUT2D eigenvalue weighted by Crippen LogP contribution is -2.01. The van der Waals surface area contributed by atoms with Crippen molar-refractivity contribution in [1.82, 2.24) is 4.98 Å². The van der Waals surface area contributed by atoms with E-state index in [0.717, 1.165) is 11.4 Å². The maximum atomic E-state index is 11.3. The quantitative estimate of drug-likeness (QED) is 0.808. The molecule has 0 amide bonds. The Bertz CT molecular complexity index is 535. The number of aromatic nitrogens is 1. The van der Waals surface area contributed by atoms with Gasteiger partial charge in [-0.25, -0.2) is 9.78 Å². The first kappa shape index (κ1) is 11.9. The van der Waals surface area contributed by atoms with E-state index in [2.05, 4.69) is 15.0 Å². The van der Waals surface area contributed by atoms with Crippen LogP contribution in [-0.2, 0) is 4.74 Å². The highest BCUT2D eigenvalue weighted by Gasteiger charge is 2.04. The van der Waals surface area contributed by atoms with E-state index in [9.17, 15) is 4.79 Å². The number of esters is 1.